The third-order valence-electron chi connectivity index (χ3n) is 4.58. The monoisotopic (exact) mass is 378 g/mol. The number of benzene rings is 2. The Hall–Kier alpha value is -3.28. The highest BCUT2D eigenvalue weighted by molar-refractivity contribution is 5.88. The second-order valence-electron chi connectivity index (χ2n) is 6.64. The van der Waals surface area contributed by atoms with Gasteiger partial charge in [-0.05, 0) is 55.3 Å². The zero-order valence-corrected chi connectivity index (χ0v) is 15.7. The molecule has 0 saturated heterocycles. The minimum absolute atomic E-state index is 0.156. The van der Waals surface area contributed by atoms with Gasteiger partial charge in [0.2, 0.25) is 0 Å². The number of hydrogen-bond acceptors (Lipinski definition) is 5. The van der Waals surface area contributed by atoms with Gasteiger partial charge in [0.15, 0.2) is 5.69 Å². The molecule has 6 nitrogen and oxygen atoms in total. The van der Waals surface area contributed by atoms with Crippen molar-refractivity contribution in [2.75, 3.05) is 20.3 Å². The molecule has 1 aliphatic carbocycles. The van der Waals surface area contributed by atoms with Crippen LogP contribution in [0.3, 0.4) is 0 Å². The zero-order valence-electron chi connectivity index (χ0n) is 15.7. The van der Waals surface area contributed by atoms with Gasteiger partial charge < -0.3 is 14.2 Å². The van der Waals surface area contributed by atoms with E-state index in [1.165, 1.54) is 0 Å². The van der Waals surface area contributed by atoms with Gasteiger partial charge in [0.25, 0.3) is 0 Å². The van der Waals surface area contributed by atoms with Crippen molar-refractivity contribution in [2.45, 2.75) is 18.8 Å². The summed E-state index contributed by atoms with van der Waals surface area (Å²) in [6, 6.07) is 18.7. The highest BCUT2D eigenvalue weighted by Crippen LogP contribution is 2.39. The number of methoxy groups -OCH3 is 1. The number of aromatic nitrogens is 2. The Morgan fingerprint density at radius 1 is 1.04 bits per heavy atom. The third-order valence-corrected chi connectivity index (χ3v) is 4.58. The van der Waals surface area contributed by atoms with E-state index in [4.69, 9.17) is 14.2 Å². The SMILES string of the molecule is COc1ccc(OCCOC(=O)c2cc(C3CC3)nn2-c2ccccc2)cc1. The average molecular weight is 378 g/mol. The first-order valence-corrected chi connectivity index (χ1v) is 9.34. The van der Waals surface area contributed by atoms with Crippen LogP contribution in [-0.2, 0) is 4.74 Å². The Balaban J connectivity index is 1.38. The van der Waals surface area contributed by atoms with Crippen LogP contribution < -0.4 is 9.47 Å². The number of hydrogen-bond donors (Lipinski definition) is 0. The highest BCUT2D eigenvalue weighted by atomic mass is 16.6. The summed E-state index contributed by atoms with van der Waals surface area (Å²) >= 11 is 0. The van der Waals surface area contributed by atoms with Crippen LogP contribution in [0, 0.1) is 0 Å². The van der Waals surface area contributed by atoms with Crippen LogP contribution in [0.1, 0.15) is 34.9 Å². The Bertz CT molecular complexity index is 931. The van der Waals surface area contributed by atoms with Crippen molar-refractivity contribution in [2.24, 2.45) is 0 Å². The normalized spacial score (nSPS) is 13.2. The number of carbonyl (C=O) groups is 1. The van der Waals surface area contributed by atoms with Gasteiger partial charge in [-0.15, -0.1) is 0 Å². The van der Waals surface area contributed by atoms with E-state index < -0.39 is 5.97 Å². The molecular weight excluding hydrogens is 356 g/mol. The zero-order chi connectivity index (χ0) is 19.3. The van der Waals surface area contributed by atoms with Gasteiger partial charge in [-0.2, -0.15) is 5.10 Å². The molecule has 0 N–H and O–H groups in total. The molecule has 0 spiro atoms. The summed E-state index contributed by atoms with van der Waals surface area (Å²) in [7, 11) is 1.62. The van der Waals surface area contributed by atoms with Crippen molar-refractivity contribution in [3.63, 3.8) is 0 Å². The van der Waals surface area contributed by atoms with Gasteiger partial charge in [-0.3, -0.25) is 0 Å². The molecule has 28 heavy (non-hydrogen) atoms. The fraction of sp³-hybridized carbons (Fsp3) is 0.273. The molecule has 1 aromatic heterocycles. The molecule has 1 saturated carbocycles. The molecule has 0 bridgehead atoms. The molecule has 1 heterocycles. The van der Waals surface area contributed by atoms with Gasteiger partial charge in [0.1, 0.15) is 24.7 Å². The average Bonchev–Trinajstić information content (AvgIpc) is 3.50. The first kappa shape index (κ1) is 18.1. The molecule has 0 atom stereocenters. The van der Waals surface area contributed by atoms with Crippen LogP contribution in [0.5, 0.6) is 11.5 Å². The van der Waals surface area contributed by atoms with E-state index in [9.17, 15) is 4.79 Å². The smallest absolute Gasteiger partial charge is 0.357 e. The Labute approximate surface area is 163 Å². The van der Waals surface area contributed by atoms with Crippen LogP contribution in [0.25, 0.3) is 5.69 Å². The van der Waals surface area contributed by atoms with Gasteiger partial charge in [-0.25, -0.2) is 9.48 Å². The van der Waals surface area contributed by atoms with Crippen molar-refractivity contribution in [3.05, 3.63) is 72.1 Å². The third kappa shape index (κ3) is 4.17. The molecule has 0 aliphatic heterocycles. The van der Waals surface area contributed by atoms with Crippen LogP contribution in [0.15, 0.2) is 60.7 Å². The number of nitrogens with zero attached hydrogens (tertiary/aromatic N) is 2. The van der Waals surface area contributed by atoms with E-state index in [1.54, 1.807) is 11.8 Å². The Morgan fingerprint density at radius 2 is 1.75 bits per heavy atom. The summed E-state index contributed by atoms with van der Waals surface area (Å²) in [6.45, 7) is 0.427. The van der Waals surface area contributed by atoms with Crippen LogP contribution in [0.4, 0.5) is 0 Å². The lowest BCUT2D eigenvalue weighted by atomic mass is 10.2. The highest BCUT2D eigenvalue weighted by Gasteiger charge is 2.29. The van der Waals surface area contributed by atoms with E-state index in [0.29, 0.717) is 17.4 Å². The van der Waals surface area contributed by atoms with Crippen LogP contribution in [0.2, 0.25) is 0 Å². The summed E-state index contributed by atoms with van der Waals surface area (Å²) in [5.41, 5.74) is 2.23. The molecule has 1 fully saturated rings. The lowest BCUT2D eigenvalue weighted by Crippen LogP contribution is -2.16. The second kappa shape index (κ2) is 8.17. The fourth-order valence-corrected chi connectivity index (χ4v) is 2.93. The van der Waals surface area contributed by atoms with E-state index >= 15 is 0 Å². The summed E-state index contributed by atoms with van der Waals surface area (Å²) in [4.78, 5) is 12.6. The van der Waals surface area contributed by atoms with Crippen molar-refractivity contribution >= 4 is 5.97 Å². The van der Waals surface area contributed by atoms with Gasteiger partial charge in [-0.1, -0.05) is 18.2 Å². The molecule has 6 heteroatoms. The van der Waals surface area contributed by atoms with E-state index in [1.807, 2.05) is 60.7 Å². The van der Waals surface area contributed by atoms with Gasteiger partial charge in [0.05, 0.1) is 18.5 Å². The maximum Gasteiger partial charge on any atom is 0.357 e. The first-order chi connectivity index (χ1) is 13.7. The van der Waals surface area contributed by atoms with E-state index in [0.717, 1.165) is 30.0 Å². The lowest BCUT2D eigenvalue weighted by Gasteiger charge is -2.09. The number of ether oxygens (including phenoxy) is 3. The molecular formula is C22H22N2O4. The number of rotatable bonds is 8. The van der Waals surface area contributed by atoms with E-state index in [2.05, 4.69) is 5.10 Å². The molecule has 1 aliphatic rings. The van der Waals surface area contributed by atoms with Crippen LogP contribution in [-0.4, -0.2) is 36.1 Å². The largest absolute Gasteiger partial charge is 0.497 e. The molecule has 3 aromatic rings. The number of carbonyl (C=O) groups excluding carboxylic acids is 1. The maximum absolute atomic E-state index is 12.6. The molecule has 0 amide bonds. The topological polar surface area (TPSA) is 62.6 Å². The fourth-order valence-electron chi connectivity index (χ4n) is 2.93. The summed E-state index contributed by atoms with van der Waals surface area (Å²) in [5, 5.41) is 4.63. The van der Waals surface area contributed by atoms with Crippen LogP contribution >= 0.6 is 0 Å². The Morgan fingerprint density at radius 3 is 2.43 bits per heavy atom. The standard InChI is InChI=1S/C22H22N2O4/c1-26-18-9-11-19(12-10-18)27-13-14-28-22(25)21-15-20(16-7-8-16)23-24(21)17-5-3-2-4-6-17/h2-6,9-12,15-16H,7-8,13-14H2,1H3. The van der Waals surface area contributed by atoms with Crippen molar-refractivity contribution in [1.29, 1.82) is 0 Å². The van der Waals surface area contributed by atoms with E-state index in [-0.39, 0.29) is 13.2 Å². The maximum atomic E-state index is 12.6. The van der Waals surface area contributed by atoms with Gasteiger partial charge in [0, 0.05) is 5.92 Å². The molecule has 144 valence electrons. The van der Waals surface area contributed by atoms with Crippen molar-refractivity contribution < 1.29 is 19.0 Å². The Kier molecular flexibility index (Phi) is 5.28. The minimum atomic E-state index is -0.401. The molecule has 2 aromatic carbocycles. The molecule has 4 rings (SSSR count). The second-order valence-corrected chi connectivity index (χ2v) is 6.64. The summed E-state index contributed by atoms with van der Waals surface area (Å²) < 4.78 is 17.8. The van der Waals surface area contributed by atoms with Crippen molar-refractivity contribution in [3.8, 4) is 17.2 Å². The number of para-hydroxylation sites is 1. The van der Waals surface area contributed by atoms with Crippen molar-refractivity contribution in [1.82, 2.24) is 9.78 Å². The predicted molar refractivity (Wildman–Crippen MR) is 104 cm³/mol. The molecule has 0 unspecified atom stereocenters. The quantitative estimate of drug-likeness (QED) is 0.438. The summed E-state index contributed by atoms with van der Waals surface area (Å²) in [5.74, 6) is 1.51. The van der Waals surface area contributed by atoms with Gasteiger partial charge >= 0.3 is 5.97 Å². The number of esters is 1. The molecule has 0 radical (unpaired) electrons. The minimum Gasteiger partial charge on any atom is -0.497 e. The first-order valence-electron chi connectivity index (χ1n) is 9.34. The summed E-state index contributed by atoms with van der Waals surface area (Å²) in [6.07, 6.45) is 2.24. The predicted octanol–water partition coefficient (Wildman–Crippen LogP) is 3.99. The lowest BCUT2D eigenvalue weighted by molar-refractivity contribution is 0.0440.